The van der Waals surface area contributed by atoms with Crippen LogP contribution in [0, 0.1) is 11.6 Å². The van der Waals surface area contributed by atoms with Crippen molar-refractivity contribution in [1.82, 2.24) is 0 Å². The minimum atomic E-state index is -0.518. The number of nitrogens with zero attached hydrogens (tertiary/aromatic N) is 2. The van der Waals surface area contributed by atoms with Gasteiger partial charge in [-0.2, -0.15) is 0 Å². The topological polar surface area (TPSA) is 41.6 Å². The van der Waals surface area contributed by atoms with Crippen molar-refractivity contribution in [1.29, 1.82) is 0 Å². The number of aliphatic imine (C=N–C) groups is 1. The molecule has 0 bridgehead atoms. The lowest BCUT2D eigenvalue weighted by atomic mass is 9.90. The fraction of sp³-hybridized carbons (Fsp3) is 0.188. The quantitative estimate of drug-likeness (QED) is 0.922. The van der Waals surface area contributed by atoms with Gasteiger partial charge >= 0.3 is 0 Å². The Morgan fingerprint density at radius 2 is 1.52 bits per heavy atom. The second kappa shape index (κ2) is 4.84. The number of hydrogen-bond donors (Lipinski definition) is 1. The third kappa shape index (κ3) is 2.24. The highest BCUT2D eigenvalue weighted by molar-refractivity contribution is 5.98. The van der Waals surface area contributed by atoms with Crippen LogP contribution in [0.3, 0.4) is 0 Å². The zero-order valence-electron chi connectivity index (χ0n) is 11.6. The molecule has 0 radical (unpaired) electrons. The normalized spacial score (nSPS) is 21.5. The van der Waals surface area contributed by atoms with Crippen molar-refractivity contribution in [2.24, 2.45) is 10.7 Å². The van der Waals surface area contributed by atoms with E-state index in [0.717, 1.165) is 11.3 Å². The van der Waals surface area contributed by atoms with E-state index in [2.05, 4.69) is 4.99 Å². The molecule has 2 aromatic carbocycles. The summed E-state index contributed by atoms with van der Waals surface area (Å²) in [5.41, 5.74) is 7.13. The number of nitrogens with two attached hydrogens (primary N) is 1. The number of guanidine groups is 1. The first kappa shape index (κ1) is 13.5. The minimum Gasteiger partial charge on any atom is -0.369 e. The summed E-state index contributed by atoms with van der Waals surface area (Å²) in [5.74, 6) is -0.229. The molecular formula is C16H15F2N3. The van der Waals surface area contributed by atoms with Crippen molar-refractivity contribution in [3.63, 3.8) is 0 Å². The lowest BCUT2D eigenvalue weighted by Gasteiger charge is -2.36. The second-order valence-corrected chi connectivity index (χ2v) is 5.27. The fourth-order valence-corrected chi connectivity index (χ4v) is 2.67. The van der Waals surface area contributed by atoms with Gasteiger partial charge in [-0.15, -0.1) is 0 Å². The molecule has 0 saturated carbocycles. The summed E-state index contributed by atoms with van der Waals surface area (Å²) in [5, 5.41) is 0. The van der Waals surface area contributed by atoms with Gasteiger partial charge in [-0.25, -0.2) is 8.78 Å². The van der Waals surface area contributed by atoms with Gasteiger partial charge in [-0.3, -0.25) is 4.99 Å². The molecule has 1 aliphatic heterocycles. The molecule has 108 valence electrons. The van der Waals surface area contributed by atoms with Crippen molar-refractivity contribution < 1.29 is 8.78 Å². The van der Waals surface area contributed by atoms with Crippen LogP contribution in [0.4, 0.5) is 14.5 Å². The molecule has 0 fully saturated rings. The van der Waals surface area contributed by atoms with E-state index in [-0.39, 0.29) is 11.6 Å². The zero-order valence-corrected chi connectivity index (χ0v) is 11.6. The number of rotatable bonds is 2. The van der Waals surface area contributed by atoms with E-state index in [0.29, 0.717) is 12.5 Å². The minimum absolute atomic E-state index is 0.289. The average Bonchev–Trinajstić information content (AvgIpc) is 2.78. The molecule has 2 N–H and O–H groups in total. The first-order valence-electron chi connectivity index (χ1n) is 6.62. The summed E-state index contributed by atoms with van der Waals surface area (Å²) >= 11 is 0. The van der Waals surface area contributed by atoms with Crippen LogP contribution in [0.25, 0.3) is 0 Å². The Balaban J connectivity index is 2.05. The highest BCUT2D eigenvalue weighted by atomic mass is 19.1. The highest BCUT2D eigenvalue weighted by Gasteiger charge is 2.40. The molecule has 1 unspecified atom stereocenters. The molecular weight excluding hydrogens is 272 g/mol. The smallest absolute Gasteiger partial charge is 0.196 e. The number of halogens is 2. The molecule has 5 heteroatoms. The molecule has 1 heterocycles. The summed E-state index contributed by atoms with van der Waals surface area (Å²) in [7, 11) is 0. The summed E-state index contributed by atoms with van der Waals surface area (Å²) in [6, 6.07) is 12.4. The van der Waals surface area contributed by atoms with Crippen LogP contribution >= 0.6 is 0 Å². The van der Waals surface area contributed by atoms with Gasteiger partial charge in [0, 0.05) is 5.69 Å². The predicted octanol–water partition coefficient (Wildman–Crippen LogP) is 3.01. The summed E-state index contributed by atoms with van der Waals surface area (Å²) in [6.45, 7) is 2.44. The van der Waals surface area contributed by atoms with E-state index < -0.39 is 5.54 Å². The Bertz CT molecular complexity index is 680. The molecule has 0 saturated heterocycles. The van der Waals surface area contributed by atoms with Crippen LogP contribution < -0.4 is 10.6 Å². The van der Waals surface area contributed by atoms with Gasteiger partial charge in [0.15, 0.2) is 5.96 Å². The summed E-state index contributed by atoms with van der Waals surface area (Å²) in [4.78, 5) is 6.15. The fourth-order valence-electron chi connectivity index (χ4n) is 2.67. The van der Waals surface area contributed by atoms with E-state index in [4.69, 9.17) is 5.73 Å². The standard InChI is InChI=1S/C16H15F2N3/c1-16(11-2-4-12(17)5-3-11)10-20-15(19)21(16)14-8-6-13(18)7-9-14/h2-9H,10H2,1H3,(H2,19,20). The lowest BCUT2D eigenvalue weighted by Crippen LogP contribution is -2.47. The maximum atomic E-state index is 13.1. The van der Waals surface area contributed by atoms with Crippen LogP contribution in [0.5, 0.6) is 0 Å². The van der Waals surface area contributed by atoms with Crippen LogP contribution in [-0.4, -0.2) is 12.5 Å². The summed E-state index contributed by atoms with van der Waals surface area (Å²) in [6.07, 6.45) is 0. The molecule has 3 nitrogen and oxygen atoms in total. The summed E-state index contributed by atoms with van der Waals surface area (Å²) < 4.78 is 26.2. The molecule has 1 aliphatic rings. The first-order valence-corrected chi connectivity index (χ1v) is 6.62. The molecule has 2 aromatic rings. The Morgan fingerprint density at radius 3 is 2.10 bits per heavy atom. The Morgan fingerprint density at radius 1 is 1.00 bits per heavy atom. The maximum Gasteiger partial charge on any atom is 0.196 e. The number of benzene rings is 2. The Hall–Kier alpha value is -2.43. The van der Waals surface area contributed by atoms with Gasteiger partial charge in [0.1, 0.15) is 11.6 Å². The van der Waals surface area contributed by atoms with Crippen LogP contribution in [0.15, 0.2) is 53.5 Å². The van der Waals surface area contributed by atoms with E-state index in [1.165, 1.54) is 24.3 Å². The zero-order chi connectivity index (χ0) is 15.0. The van der Waals surface area contributed by atoms with Crippen LogP contribution in [0.1, 0.15) is 12.5 Å². The molecule has 0 aromatic heterocycles. The van der Waals surface area contributed by atoms with Gasteiger partial charge in [0.2, 0.25) is 0 Å². The number of hydrogen-bond acceptors (Lipinski definition) is 3. The highest BCUT2D eigenvalue weighted by Crippen LogP contribution is 2.36. The van der Waals surface area contributed by atoms with Gasteiger partial charge < -0.3 is 10.6 Å². The molecule has 21 heavy (non-hydrogen) atoms. The maximum absolute atomic E-state index is 13.1. The van der Waals surface area contributed by atoms with E-state index in [1.54, 1.807) is 24.3 Å². The molecule has 3 rings (SSSR count). The van der Waals surface area contributed by atoms with Gasteiger partial charge in [-0.05, 0) is 48.9 Å². The van der Waals surface area contributed by atoms with Crippen molar-refractivity contribution in [3.05, 3.63) is 65.7 Å². The second-order valence-electron chi connectivity index (χ2n) is 5.27. The largest absolute Gasteiger partial charge is 0.369 e. The third-order valence-corrected chi connectivity index (χ3v) is 3.82. The Labute approximate surface area is 121 Å². The molecule has 0 amide bonds. The molecule has 0 aliphatic carbocycles. The van der Waals surface area contributed by atoms with Gasteiger partial charge in [-0.1, -0.05) is 12.1 Å². The van der Waals surface area contributed by atoms with E-state index in [9.17, 15) is 8.78 Å². The van der Waals surface area contributed by atoms with E-state index >= 15 is 0 Å². The predicted molar refractivity (Wildman–Crippen MR) is 79.1 cm³/mol. The number of anilines is 1. The van der Waals surface area contributed by atoms with E-state index in [1.807, 2.05) is 11.8 Å². The van der Waals surface area contributed by atoms with Gasteiger partial charge in [0.05, 0.1) is 12.1 Å². The molecule has 1 atom stereocenters. The monoisotopic (exact) mass is 287 g/mol. The van der Waals surface area contributed by atoms with Crippen LogP contribution in [0.2, 0.25) is 0 Å². The van der Waals surface area contributed by atoms with Crippen molar-refractivity contribution >= 4 is 11.6 Å². The van der Waals surface area contributed by atoms with Crippen molar-refractivity contribution in [3.8, 4) is 0 Å². The average molecular weight is 287 g/mol. The SMILES string of the molecule is CC1(c2ccc(F)cc2)CN=C(N)N1c1ccc(F)cc1. The lowest BCUT2D eigenvalue weighted by molar-refractivity contribution is 0.529. The van der Waals surface area contributed by atoms with Crippen molar-refractivity contribution in [2.45, 2.75) is 12.5 Å². The van der Waals surface area contributed by atoms with Crippen LogP contribution in [-0.2, 0) is 5.54 Å². The Kier molecular flexibility index (Phi) is 3.12. The first-order chi connectivity index (χ1) is 10.0. The molecule has 0 spiro atoms. The van der Waals surface area contributed by atoms with Crippen molar-refractivity contribution in [2.75, 3.05) is 11.4 Å². The van der Waals surface area contributed by atoms with Gasteiger partial charge in [0.25, 0.3) is 0 Å². The third-order valence-electron chi connectivity index (χ3n) is 3.82.